The smallest absolute Gasteiger partial charge is 0.0686 e. The third-order valence-corrected chi connectivity index (χ3v) is 3.01. The maximum Gasteiger partial charge on any atom is 0.0686 e. The molecule has 1 N–H and O–H groups in total. The third-order valence-electron chi connectivity index (χ3n) is 3.01. The van der Waals surface area contributed by atoms with E-state index in [1.54, 1.807) is 0 Å². The number of aromatic nitrogens is 1. The summed E-state index contributed by atoms with van der Waals surface area (Å²) in [5, 5.41) is 3.52. The summed E-state index contributed by atoms with van der Waals surface area (Å²) in [5.41, 5.74) is 5.10. The van der Waals surface area contributed by atoms with Crippen LogP contribution in [0, 0.1) is 6.92 Å². The first kappa shape index (κ1) is 8.60. The number of anilines is 1. The zero-order valence-corrected chi connectivity index (χ0v) is 8.99. The van der Waals surface area contributed by atoms with Gasteiger partial charge >= 0.3 is 0 Å². The molecule has 0 saturated heterocycles. The Balaban J connectivity index is 2.27. The minimum absolute atomic E-state index is 0.384. The highest BCUT2D eigenvalue weighted by Crippen LogP contribution is 2.33. The van der Waals surface area contributed by atoms with Crippen molar-refractivity contribution in [1.82, 2.24) is 4.57 Å². The van der Waals surface area contributed by atoms with Gasteiger partial charge in [-0.1, -0.05) is 6.07 Å². The summed E-state index contributed by atoms with van der Waals surface area (Å²) in [6.07, 6.45) is 2.13. The second kappa shape index (κ2) is 2.89. The normalized spacial score (nSPS) is 17.9. The SMILES string of the molecule is Cc1ccc2c(c1)NC(C)c1cccn1-2. The van der Waals surface area contributed by atoms with Crippen molar-refractivity contribution in [2.24, 2.45) is 0 Å². The zero-order valence-electron chi connectivity index (χ0n) is 8.99. The molecule has 0 saturated carbocycles. The molecule has 1 aromatic carbocycles. The Morgan fingerprint density at radius 3 is 3.00 bits per heavy atom. The van der Waals surface area contributed by atoms with Crippen LogP contribution >= 0.6 is 0 Å². The summed E-state index contributed by atoms with van der Waals surface area (Å²) >= 11 is 0. The van der Waals surface area contributed by atoms with E-state index in [1.807, 2.05) is 0 Å². The molecule has 0 amide bonds. The van der Waals surface area contributed by atoms with E-state index >= 15 is 0 Å². The number of aryl methyl sites for hydroxylation is 1. The molecule has 76 valence electrons. The first-order chi connectivity index (χ1) is 7.25. The third kappa shape index (κ3) is 1.18. The van der Waals surface area contributed by atoms with Crippen molar-refractivity contribution < 1.29 is 0 Å². The Bertz CT molecular complexity index is 511. The van der Waals surface area contributed by atoms with Crippen molar-refractivity contribution in [2.75, 3.05) is 5.32 Å². The molecule has 2 aromatic rings. The molecule has 2 nitrogen and oxygen atoms in total. The van der Waals surface area contributed by atoms with Crippen LogP contribution in [-0.4, -0.2) is 4.57 Å². The van der Waals surface area contributed by atoms with Crippen molar-refractivity contribution in [3.63, 3.8) is 0 Å². The van der Waals surface area contributed by atoms with E-state index in [0.29, 0.717) is 6.04 Å². The Labute approximate surface area is 89.5 Å². The number of hydrogen-bond acceptors (Lipinski definition) is 1. The minimum Gasteiger partial charge on any atom is -0.375 e. The molecule has 0 spiro atoms. The average Bonchev–Trinajstić information content (AvgIpc) is 2.66. The van der Waals surface area contributed by atoms with E-state index in [1.165, 1.54) is 22.6 Å². The molecule has 15 heavy (non-hydrogen) atoms. The van der Waals surface area contributed by atoms with Gasteiger partial charge in [-0.05, 0) is 43.7 Å². The molecule has 1 unspecified atom stereocenters. The maximum atomic E-state index is 3.52. The Morgan fingerprint density at radius 2 is 2.13 bits per heavy atom. The predicted molar refractivity (Wildman–Crippen MR) is 62.5 cm³/mol. The summed E-state index contributed by atoms with van der Waals surface area (Å²) in [5.74, 6) is 0. The highest BCUT2D eigenvalue weighted by atomic mass is 15.1. The molecular weight excluding hydrogens is 184 g/mol. The fraction of sp³-hybridized carbons (Fsp3) is 0.231. The molecule has 3 rings (SSSR count). The second-order valence-corrected chi connectivity index (χ2v) is 4.19. The molecule has 0 aliphatic carbocycles. The van der Waals surface area contributed by atoms with Gasteiger partial charge in [-0.3, -0.25) is 0 Å². The summed E-state index contributed by atoms with van der Waals surface area (Å²) in [6.45, 7) is 4.31. The molecule has 2 heteroatoms. The lowest BCUT2D eigenvalue weighted by Gasteiger charge is -2.27. The van der Waals surface area contributed by atoms with Crippen LogP contribution in [-0.2, 0) is 0 Å². The Kier molecular flexibility index (Phi) is 1.66. The highest BCUT2D eigenvalue weighted by Gasteiger charge is 2.19. The van der Waals surface area contributed by atoms with Crippen molar-refractivity contribution in [3.8, 4) is 5.69 Å². The van der Waals surface area contributed by atoms with Crippen LogP contribution in [0.1, 0.15) is 24.2 Å². The van der Waals surface area contributed by atoms with Gasteiger partial charge in [0.05, 0.1) is 17.4 Å². The molecule has 0 radical (unpaired) electrons. The van der Waals surface area contributed by atoms with Gasteiger partial charge in [-0.15, -0.1) is 0 Å². The van der Waals surface area contributed by atoms with Gasteiger partial charge in [0.2, 0.25) is 0 Å². The summed E-state index contributed by atoms with van der Waals surface area (Å²) in [4.78, 5) is 0. The second-order valence-electron chi connectivity index (χ2n) is 4.19. The lowest BCUT2D eigenvalue weighted by Crippen LogP contribution is -2.18. The Hall–Kier alpha value is -1.70. The zero-order chi connectivity index (χ0) is 10.4. The molecule has 0 fully saturated rings. The van der Waals surface area contributed by atoms with Gasteiger partial charge in [-0.2, -0.15) is 0 Å². The average molecular weight is 198 g/mol. The largest absolute Gasteiger partial charge is 0.375 e. The van der Waals surface area contributed by atoms with Gasteiger partial charge in [0.1, 0.15) is 0 Å². The van der Waals surface area contributed by atoms with E-state index < -0.39 is 0 Å². The number of rotatable bonds is 0. The van der Waals surface area contributed by atoms with Crippen LogP contribution in [0.3, 0.4) is 0 Å². The molecule has 0 bridgehead atoms. The summed E-state index contributed by atoms with van der Waals surface area (Å²) < 4.78 is 2.26. The lowest BCUT2D eigenvalue weighted by atomic mass is 10.1. The summed E-state index contributed by atoms with van der Waals surface area (Å²) in [6, 6.07) is 11.2. The van der Waals surface area contributed by atoms with E-state index in [9.17, 15) is 0 Å². The van der Waals surface area contributed by atoms with E-state index in [0.717, 1.165) is 0 Å². The molecule has 1 aliphatic heterocycles. The maximum absolute atomic E-state index is 3.52. The molecule has 1 atom stereocenters. The van der Waals surface area contributed by atoms with Crippen LogP contribution in [0.25, 0.3) is 5.69 Å². The fourth-order valence-electron chi connectivity index (χ4n) is 2.25. The first-order valence-corrected chi connectivity index (χ1v) is 5.30. The number of hydrogen-bond donors (Lipinski definition) is 1. The van der Waals surface area contributed by atoms with Gasteiger partial charge in [0.25, 0.3) is 0 Å². The van der Waals surface area contributed by atoms with Crippen LogP contribution in [0.15, 0.2) is 36.5 Å². The van der Waals surface area contributed by atoms with Crippen molar-refractivity contribution in [2.45, 2.75) is 19.9 Å². The summed E-state index contributed by atoms with van der Waals surface area (Å²) in [7, 11) is 0. The number of nitrogens with zero attached hydrogens (tertiary/aromatic N) is 1. The van der Waals surface area contributed by atoms with Gasteiger partial charge < -0.3 is 9.88 Å². The van der Waals surface area contributed by atoms with Crippen LogP contribution in [0.5, 0.6) is 0 Å². The molecule has 2 heterocycles. The van der Waals surface area contributed by atoms with E-state index in [2.05, 4.69) is 60.3 Å². The van der Waals surface area contributed by atoms with Crippen molar-refractivity contribution in [3.05, 3.63) is 47.8 Å². The van der Waals surface area contributed by atoms with Gasteiger partial charge in [0, 0.05) is 11.9 Å². The topological polar surface area (TPSA) is 17.0 Å². The number of nitrogens with one attached hydrogen (secondary N) is 1. The number of benzene rings is 1. The number of fused-ring (bicyclic) bond motifs is 3. The predicted octanol–water partition coefficient (Wildman–Crippen LogP) is 3.27. The fourth-order valence-corrected chi connectivity index (χ4v) is 2.25. The van der Waals surface area contributed by atoms with E-state index in [-0.39, 0.29) is 0 Å². The first-order valence-electron chi connectivity index (χ1n) is 5.30. The molecule has 1 aromatic heterocycles. The van der Waals surface area contributed by atoms with Crippen LogP contribution in [0.4, 0.5) is 5.69 Å². The molecule has 1 aliphatic rings. The lowest BCUT2D eigenvalue weighted by molar-refractivity contribution is 0.773. The Morgan fingerprint density at radius 1 is 1.27 bits per heavy atom. The van der Waals surface area contributed by atoms with E-state index in [4.69, 9.17) is 0 Å². The van der Waals surface area contributed by atoms with Crippen LogP contribution < -0.4 is 5.32 Å². The monoisotopic (exact) mass is 198 g/mol. The van der Waals surface area contributed by atoms with Gasteiger partial charge in [0.15, 0.2) is 0 Å². The quantitative estimate of drug-likeness (QED) is 0.687. The standard InChI is InChI=1S/C13H14N2/c1-9-5-6-13-11(8-9)14-10(2)12-4-3-7-15(12)13/h3-8,10,14H,1-2H3. The van der Waals surface area contributed by atoms with Crippen molar-refractivity contribution >= 4 is 5.69 Å². The highest BCUT2D eigenvalue weighted by molar-refractivity contribution is 5.66. The van der Waals surface area contributed by atoms with Crippen LogP contribution in [0.2, 0.25) is 0 Å². The minimum atomic E-state index is 0.384. The van der Waals surface area contributed by atoms with Gasteiger partial charge in [-0.25, -0.2) is 0 Å². The molecular formula is C13H14N2. The van der Waals surface area contributed by atoms with Crippen molar-refractivity contribution in [1.29, 1.82) is 0 Å².